The Labute approximate surface area is 147 Å². The zero-order valence-corrected chi connectivity index (χ0v) is 15.7. The molecule has 1 atom stereocenters. The van der Waals surface area contributed by atoms with Crippen LogP contribution in [0.4, 0.5) is 0 Å². The molecule has 1 N–H and O–H groups in total. The monoisotopic (exact) mass is 457 g/mol. The molecular weight excluding hydrogens is 441 g/mol. The van der Waals surface area contributed by atoms with E-state index in [-0.39, 0.29) is 11.9 Å². The molecule has 0 spiro atoms. The molecule has 21 heavy (non-hydrogen) atoms. The fraction of sp³-hybridized carbons (Fsp3) is 0.235. The van der Waals surface area contributed by atoms with Crippen molar-refractivity contribution in [2.75, 3.05) is 0 Å². The smallest absolute Gasteiger partial charge is 0.252 e. The van der Waals surface area contributed by atoms with Gasteiger partial charge in [0.25, 0.3) is 5.91 Å². The number of rotatable bonds is 4. The molecule has 0 fully saturated rings. The van der Waals surface area contributed by atoms with Crippen LogP contribution in [0.2, 0.25) is 0 Å². The van der Waals surface area contributed by atoms with E-state index in [1.165, 1.54) is 11.1 Å². The predicted molar refractivity (Wildman–Crippen MR) is 98.7 cm³/mol. The summed E-state index contributed by atoms with van der Waals surface area (Å²) in [4.78, 5) is 12.4. The Bertz CT molecular complexity index is 657. The SMILES string of the molecule is Cc1ccccc1CC(C)NC(=O)c1cc(I)ccc1Br. The number of hydrogen-bond acceptors (Lipinski definition) is 1. The number of amides is 1. The van der Waals surface area contributed by atoms with E-state index in [1.54, 1.807) is 0 Å². The third-order valence-electron chi connectivity index (χ3n) is 3.34. The van der Waals surface area contributed by atoms with Crippen LogP contribution >= 0.6 is 38.5 Å². The van der Waals surface area contributed by atoms with Gasteiger partial charge in [0.2, 0.25) is 0 Å². The lowest BCUT2D eigenvalue weighted by atomic mass is 10.0. The molecule has 0 bridgehead atoms. The third kappa shape index (κ3) is 4.54. The van der Waals surface area contributed by atoms with Gasteiger partial charge in [0.1, 0.15) is 0 Å². The average molecular weight is 458 g/mol. The van der Waals surface area contributed by atoms with Crippen LogP contribution in [-0.2, 0) is 6.42 Å². The van der Waals surface area contributed by atoms with Crippen LogP contribution < -0.4 is 5.32 Å². The van der Waals surface area contributed by atoms with Crippen molar-refractivity contribution in [3.8, 4) is 0 Å². The molecule has 0 aliphatic heterocycles. The highest BCUT2D eigenvalue weighted by Crippen LogP contribution is 2.20. The summed E-state index contributed by atoms with van der Waals surface area (Å²) < 4.78 is 1.87. The first kappa shape index (κ1) is 16.5. The molecule has 4 heteroatoms. The van der Waals surface area contributed by atoms with Gasteiger partial charge in [0, 0.05) is 14.1 Å². The summed E-state index contributed by atoms with van der Waals surface area (Å²) in [6.07, 6.45) is 0.833. The van der Waals surface area contributed by atoms with E-state index in [0.29, 0.717) is 5.56 Å². The van der Waals surface area contributed by atoms with Crippen LogP contribution in [0.25, 0.3) is 0 Å². The van der Waals surface area contributed by atoms with Crippen molar-refractivity contribution in [1.29, 1.82) is 0 Å². The number of halogens is 2. The van der Waals surface area contributed by atoms with E-state index >= 15 is 0 Å². The van der Waals surface area contributed by atoms with E-state index < -0.39 is 0 Å². The van der Waals surface area contributed by atoms with Crippen molar-refractivity contribution < 1.29 is 4.79 Å². The maximum absolute atomic E-state index is 12.4. The molecule has 0 saturated carbocycles. The molecule has 2 aromatic rings. The first-order valence-electron chi connectivity index (χ1n) is 6.78. The number of carbonyl (C=O) groups excluding carboxylic acids is 1. The van der Waals surface area contributed by atoms with Gasteiger partial charge < -0.3 is 5.32 Å². The van der Waals surface area contributed by atoms with Crippen LogP contribution in [0.5, 0.6) is 0 Å². The number of nitrogens with one attached hydrogen (secondary N) is 1. The molecule has 0 aliphatic carbocycles. The average Bonchev–Trinajstić information content (AvgIpc) is 2.44. The summed E-state index contributed by atoms with van der Waals surface area (Å²) in [7, 11) is 0. The van der Waals surface area contributed by atoms with Gasteiger partial charge in [-0.25, -0.2) is 0 Å². The van der Waals surface area contributed by atoms with Crippen molar-refractivity contribution in [2.45, 2.75) is 26.3 Å². The third-order valence-corrected chi connectivity index (χ3v) is 4.70. The Kier molecular flexibility index (Phi) is 5.81. The number of hydrogen-bond donors (Lipinski definition) is 1. The zero-order valence-electron chi connectivity index (χ0n) is 12.0. The number of benzene rings is 2. The van der Waals surface area contributed by atoms with Crippen molar-refractivity contribution in [2.24, 2.45) is 0 Å². The largest absolute Gasteiger partial charge is 0.349 e. The Balaban J connectivity index is 2.06. The van der Waals surface area contributed by atoms with Gasteiger partial charge in [-0.15, -0.1) is 0 Å². The van der Waals surface area contributed by atoms with E-state index in [1.807, 2.05) is 37.3 Å². The van der Waals surface area contributed by atoms with Gasteiger partial charge in [0.15, 0.2) is 0 Å². The lowest BCUT2D eigenvalue weighted by Crippen LogP contribution is -2.34. The first-order chi connectivity index (χ1) is 9.97. The Morgan fingerprint density at radius 3 is 2.71 bits per heavy atom. The van der Waals surface area contributed by atoms with Crippen molar-refractivity contribution in [3.63, 3.8) is 0 Å². The van der Waals surface area contributed by atoms with Gasteiger partial charge in [-0.2, -0.15) is 0 Å². The second-order valence-corrected chi connectivity index (χ2v) is 7.23. The summed E-state index contributed by atoms with van der Waals surface area (Å²) in [6, 6.07) is 14.1. The fourth-order valence-corrected chi connectivity index (χ4v) is 3.11. The topological polar surface area (TPSA) is 29.1 Å². The summed E-state index contributed by atoms with van der Waals surface area (Å²) in [5.41, 5.74) is 3.21. The second-order valence-electron chi connectivity index (χ2n) is 5.13. The highest BCUT2D eigenvalue weighted by molar-refractivity contribution is 14.1. The minimum Gasteiger partial charge on any atom is -0.349 e. The second kappa shape index (κ2) is 7.40. The molecule has 0 aliphatic rings. The number of carbonyl (C=O) groups is 1. The minimum absolute atomic E-state index is 0.0403. The standard InChI is InChI=1S/C17H17BrINO/c1-11-5-3-4-6-13(11)9-12(2)20-17(21)15-10-14(19)7-8-16(15)18/h3-8,10,12H,9H2,1-2H3,(H,20,21). The van der Waals surface area contributed by atoms with E-state index in [4.69, 9.17) is 0 Å². The Morgan fingerprint density at radius 1 is 1.29 bits per heavy atom. The molecule has 0 heterocycles. The molecule has 0 radical (unpaired) electrons. The van der Waals surface area contributed by atoms with E-state index in [2.05, 4.69) is 62.9 Å². The molecule has 1 amide bonds. The molecule has 0 aromatic heterocycles. The maximum atomic E-state index is 12.4. The van der Waals surface area contributed by atoms with E-state index in [0.717, 1.165) is 14.5 Å². The molecule has 0 saturated heterocycles. The van der Waals surface area contributed by atoms with Crippen molar-refractivity contribution in [3.05, 3.63) is 67.2 Å². The van der Waals surface area contributed by atoms with Gasteiger partial charge in [-0.1, -0.05) is 24.3 Å². The van der Waals surface area contributed by atoms with Gasteiger partial charge in [0.05, 0.1) is 5.56 Å². The van der Waals surface area contributed by atoms with Gasteiger partial charge >= 0.3 is 0 Å². The summed E-state index contributed by atoms with van der Waals surface area (Å²) in [5, 5.41) is 3.07. The molecule has 1 unspecified atom stereocenters. The fourth-order valence-electron chi connectivity index (χ4n) is 2.19. The summed E-state index contributed by atoms with van der Waals surface area (Å²) >= 11 is 5.65. The first-order valence-corrected chi connectivity index (χ1v) is 8.65. The lowest BCUT2D eigenvalue weighted by Gasteiger charge is -2.16. The molecule has 2 aromatic carbocycles. The summed E-state index contributed by atoms with van der Waals surface area (Å²) in [5.74, 6) is -0.0403. The number of aryl methyl sites for hydroxylation is 1. The quantitative estimate of drug-likeness (QED) is 0.661. The highest BCUT2D eigenvalue weighted by atomic mass is 127. The minimum atomic E-state index is -0.0403. The van der Waals surface area contributed by atoms with Crippen LogP contribution in [0.15, 0.2) is 46.9 Å². The van der Waals surface area contributed by atoms with Crippen LogP contribution in [0.3, 0.4) is 0 Å². The maximum Gasteiger partial charge on any atom is 0.252 e. The van der Waals surface area contributed by atoms with Crippen LogP contribution in [0.1, 0.15) is 28.4 Å². The van der Waals surface area contributed by atoms with Crippen LogP contribution in [0, 0.1) is 10.5 Å². The van der Waals surface area contributed by atoms with Gasteiger partial charge in [-0.3, -0.25) is 4.79 Å². The van der Waals surface area contributed by atoms with Crippen LogP contribution in [-0.4, -0.2) is 11.9 Å². The molecule has 110 valence electrons. The van der Waals surface area contributed by atoms with Crippen molar-refractivity contribution >= 4 is 44.4 Å². The van der Waals surface area contributed by atoms with Crippen molar-refractivity contribution in [1.82, 2.24) is 5.32 Å². The lowest BCUT2D eigenvalue weighted by molar-refractivity contribution is 0.0939. The summed E-state index contributed by atoms with van der Waals surface area (Å²) in [6.45, 7) is 4.13. The molecule has 2 nitrogen and oxygen atoms in total. The molecule has 2 rings (SSSR count). The van der Waals surface area contributed by atoms with E-state index in [9.17, 15) is 4.79 Å². The Hall–Kier alpha value is -0.880. The highest BCUT2D eigenvalue weighted by Gasteiger charge is 2.14. The zero-order chi connectivity index (χ0) is 15.4. The molecular formula is C17H17BrINO. The normalized spacial score (nSPS) is 12.0. The van der Waals surface area contributed by atoms with Gasteiger partial charge in [-0.05, 0) is 88.1 Å². The predicted octanol–water partition coefficient (Wildman–Crippen LogP) is 4.72. The Morgan fingerprint density at radius 2 is 2.00 bits per heavy atom.